The summed E-state index contributed by atoms with van der Waals surface area (Å²) < 4.78 is 5.03. The number of hydrogen-bond donors (Lipinski definition) is 3. The van der Waals surface area contributed by atoms with E-state index in [1.165, 1.54) is 0 Å². The van der Waals surface area contributed by atoms with E-state index in [2.05, 4.69) is 5.32 Å². The SMILES string of the molecule is CC(C)(C)NCC(O)COC(=O)c1ccc(N)cc1. The van der Waals surface area contributed by atoms with Crippen LogP contribution < -0.4 is 11.1 Å². The number of aliphatic hydroxyl groups is 1. The molecular weight excluding hydrogens is 244 g/mol. The minimum Gasteiger partial charge on any atom is -0.459 e. The predicted molar refractivity (Wildman–Crippen MR) is 74.9 cm³/mol. The van der Waals surface area contributed by atoms with Gasteiger partial charge in [-0.15, -0.1) is 0 Å². The zero-order chi connectivity index (χ0) is 14.5. The van der Waals surface area contributed by atoms with E-state index in [9.17, 15) is 9.90 Å². The van der Waals surface area contributed by atoms with Gasteiger partial charge < -0.3 is 20.9 Å². The van der Waals surface area contributed by atoms with Crippen molar-refractivity contribution in [2.75, 3.05) is 18.9 Å². The molecule has 5 heteroatoms. The molecule has 0 aliphatic heterocycles. The van der Waals surface area contributed by atoms with E-state index in [1.54, 1.807) is 24.3 Å². The second-order valence-electron chi connectivity index (χ2n) is 5.51. The number of hydrogen-bond acceptors (Lipinski definition) is 5. The number of ether oxygens (including phenoxy) is 1. The largest absolute Gasteiger partial charge is 0.459 e. The minimum atomic E-state index is -0.725. The fourth-order valence-corrected chi connectivity index (χ4v) is 1.36. The van der Waals surface area contributed by atoms with Crippen molar-refractivity contribution in [3.63, 3.8) is 0 Å². The summed E-state index contributed by atoms with van der Waals surface area (Å²) in [5.74, 6) is -0.463. The Balaban J connectivity index is 2.36. The van der Waals surface area contributed by atoms with Gasteiger partial charge in [-0.2, -0.15) is 0 Å². The van der Waals surface area contributed by atoms with Crippen LogP contribution in [0.4, 0.5) is 5.69 Å². The first-order valence-corrected chi connectivity index (χ1v) is 6.24. The highest BCUT2D eigenvalue weighted by Crippen LogP contribution is 2.07. The number of esters is 1. The Kier molecular flexibility index (Phi) is 5.32. The molecule has 0 saturated heterocycles. The fourth-order valence-electron chi connectivity index (χ4n) is 1.36. The number of nitrogen functional groups attached to an aromatic ring is 1. The number of aliphatic hydroxyl groups excluding tert-OH is 1. The first-order chi connectivity index (χ1) is 8.78. The highest BCUT2D eigenvalue weighted by atomic mass is 16.5. The highest BCUT2D eigenvalue weighted by molar-refractivity contribution is 5.89. The average Bonchev–Trinajstić information content (AvgIpc) is 2.33. The lowest BCUT2D eigenvalue weighted by atomic mass is 10.1. The molecule has 0 aliphatic rings. The molecule has 0 amide bonds. The van der Waals surface area contributed by atoms with Gasteiger partial charge in [0.05, 0.1) is 5.56 Å². The zero-order valence-electron chi connectivity index (χ0n) is 11.6. The van der Waals surface area contributed by atoms with E-state index in [4.69, 9.17) is 10.5 Å². The second-order valence-corrected chi connectivity index (χ2v) is 5.51. The van der Waals surface area contributed by atoms with Crippen molar-refractivity contribution < 1.29 is 14.6 Å². The highest BCUT2D eigenvalue weighted by Gasteiger charge is 2.14. The molecule has 1 rings (SSSR count). The van der Waals surface area contributed by atoms with Gasteiger partial charge in [-0.3, -0.25) is 0 Å². The predicted octanol–water partition coefficient (Wildman–Crippen LogP) is 1.17. The van der Waals surface area contributed by atoms with Crippen LogP contribution in [0, 0.1) is 0 Å². The molecule has 1 aromatic rings. The molecule has 0 spiro atoms. The topological polar surface area (TPSA) is 84.6 Å². The van der Waals surface area contributed by atoms with Crippen molar-refractivity contribution >= 4 is 11.7 Å². The Hall–Kier alpha value is -1.59. The lowest BCUT2D eigenvalue weighted by molar-refractivity contribution is 0.0247. The zero-order valence-corrected chi connectivity index (χ0v) is 11.6. The number of benzene rings is 1. The van der Waals surface area contributed by atoms with E-state index in [0.29, 0.717) is 17.8 Å². The van der Waals surface area contributed by atoms with Gasteiger partial charge >= 0.3 is 5.97 Å². The Labute approximate surface area is 113 Å². The Morgan fingerprint density at radius 1 is 1.37 bits per heavy atom. The molecule has 19 heavy (non-hydrogen) atoms. The number of nitrogens with one attached hydrogen (secondary N) is 1. The van der Waals surface area contributed by atoms with Crippen LogP contribution in [-0.4, -0.2) is 35.9 Å². The molecule has 0 radical (unpaired) electrons. The van der Waals surface area contributed by atoms with Crippen molar-refractivity contribution in [1.29, 1.82) is 0 Å². The summed E-state index contributed by atoms with van der Waals surface area (Å²) >= 11 is 0. The smallest absolute Gasteiger partial charge is 0.338 e. The molecule has 0 fully saturated rings. The second kappa shape index (κ2) is 6.54. The number of carbonyl (C=O) groups is 1. The first kappa shape index (κ1) is 15.5. The van der Waals surface area contributed by atoms with Crippen LogP contribution >= 0.6 is 0 Å². The Bertz CT molecular complexity index is 410. The Morgan fingerprint density at radius 2 is 1.95 bits per heavy atom. The van der Waals surface area contributed by atoms with Crippen LogP contribution in [0.5, 0.6) is 0 Å². The molecule has 0 aliphatic carbocycles. The van der Waals surface area contributed by atoms with Gasteiger partial charge in [0.25, 0.3) is 0 Å². The van der Waals surface area contributed by atoms with Gasteiger partial charge in [0.2, 0.25) is 0 Å². The molecule has 0 bridgehead atoms. The normalized spacial score (nSPS) is 13.1. The van der Waals surface area contributed by atoms with Crippen molar-refractivity contribution in [3.8, 4) is 0 Å². The third-order valence-corrected chi connectivity index (χ3v) is 2.42. The summed E-state index contributed by atoms with van der Waals surface area (Å²) in [4.78, 5) is 11.7. The molecule has 106 valence electrons. The lowest BCUT2D eigenvalue weighted by Crippen LogP contribution is -2.42. The van der Waals surface area contributed by atoms with Crippen LogP contribution in [0.3, 0.4) is 0 Å². The standard InChI is InChI=1S/C14H22N2O3/c1-14(2,3)16-8-12(17)9-19-13(18)10-4-6-11(15)7-5-10/h4-7,12,16-17H,8-9,15H2,1-3H3. The molecule has 4 N–H and O–H groups in total. The molecule has 1 unspecified atom stereocenters. The summed E-state index contributed by atoms with van der Waals surface area (Å²) in [5, 5.41) is 12.8. The van der Waals surface area contributed by atoms with E-state index < -0.39 is 12.1 Å². The number of anilines is 1. The monoisotopic (exact) mass is 266 g/mol. The summed E-state index contributed by atoms with van der Waals surface area (Å²) in [7, 11) is 0. The van der Waals surface area contributed by atoms with Gasteiger partial charge in [0, 0.05) is 17.8 Å². The third-order valence-electron chi connectivity index (χ3n) is 2.42. The first-order valence-electron chi connectivity index (χ1n) is 6.24. The summed E-state index contributed by atoms with van der Waals surface area (Å²) in [6.07, 6.45) is -0.725. The van der Waals surface area contributed by atoms with Gasteiger partial charge in [0.1, 0.15) is 12.7 Å². The van der Waals surface area contributed by atoms with Crippen LogP contribution in [0.2, 0.25) is 0 Å². The maximum absolute atomic E-state index is 11.7. The average molecular weight is 266 g/mol. The summed E-state index contributed by atoms with van der Waals surface area (Å²) in [5.41, 5.74) is 6.46. The van der Waals surface area contributed by atoms with Crippen molar-refractivity contribution in [2.24, 2.45) is 0 Å². The maximum Gasteiger partial charge on any atom is 0.338 e. The molecule has 1 atom stereocenters. The maximum atomic E-state index is 11.7. The lowest BCUT2D eigenvalue weighted by Gasteiger charge is -2.22. The van der Waals surface area contributed by atoms with Crippen LogP contribution in [-0.2, 0) is 4.74 Å². The molecule has 0 saturated carbocycles. The molecule has 0 heterocycles. The molecular formula is C14H22N2O3. The number of nitrogens with two attached hydrogens (primary N) is 1. The van der Waals surface area contributed by atoms with Crippen molar-refractivity contribution in [3.05, 3.63) is 29.8 Å². The van der Waals surface area contributed by atoms with E-state index in [1.807, 2.05) is 20.8 Å². The van der Waals surface area contributed by atoms with Crippen LogP contribution in [0.25, 0.3) is 0 Å². The van der Waals surface area contributed by atoms with Crippen molar-refractivity contribution in [1.82, 2.24) is 5.32 Å². The summed E-state index contributed by atoms with van der Waals surface area (Å²) in [6, 6.07) is 6.46. The van der Waals surface area contributed by atoms with Crippen LogP contribution in [0.1, 0.15) is 31.1 Å². The van der Waals surface area contributed by atoms with Crippen LogP contribution in [0.15, 0.2) is 24.3 Å². The van der Waals surface area contributed by atoms with E-state index >= 15 is 0 Å². The van der Waals surface area contributed by atoms with E-state index in [-0.39, 0.29) is 12.1 Å². The summed E-state index contributed by atoms with van der Waals surface area (Å²) in [6.45, 7) is 6.34. The number of carbonyl (C=O) groups excluding carboxylic acids is 1. The minimum absolute atomic E-state index is 0.0354. The fraction of sp³-hybridized carbons (Fsp3) is 0.500. The quantitative estimate of drug-likeness (QED) is 0.550. The van der Waals surface area contributed by atoms with E-state index in [0.717, 1.165) is 0 Å². The van der Waals surface area contributed by atoms with Gasteiger partial charge in [-0.05, 0) is 45.0 Å². The number of β-amino-alcohol motifs (C(OH)–C–C–N with tert-alkyl or cyclic N) is 1. The van der Waals surface area contributed by atoms with Gasteiger partial charge in [-0.25, -0.2) is 4.79 Å². The molecule has 1 aromatic carbocycles. The molecule has 5 nitrogen and oxygen atoms in total. The molecule has 0 aromatic heterocycles. The third kappa shape index (κ3) is 6.22. The Morgan fingerprint density at radius 3 is 2.47 bits per heavy atom. The number of rotatable bonds is 5. The van der Waals surface area contributed by atoms with Crippen molar-refractivity contribution in [2.45, 2.75) is 32.4 Å². The van der Waals surface area contributed by atoms with Gasteiger partial charge in [-0.1, -0.05) is 0 Å². The van der Waals surface area contributed by atoms with Gasteiger partial charge in [0.15, 0.2) is 0 Å².